The summed E-state index contributed by atoms with van der Waals surface area (Å²) in [4.78, 5) is 2.35. The second-order valence-corrected chi connectivity index (χ2v) is 4.87. The summed E-state index contributed by atoms with van der Waals surface area (Å²) >= 11 is 0. The first-order chi connectivity index (χ1) is 7.57. The van der Waals surface area contributed by atoms with E-state index < -0.39 is 0 Å². The van der Waals surface area contributed by atoms with Crippen LogP contribution < -0.4 is 10.6 Å². The number of rotatable bonds is 2. The van der Waals surface area contributed by atoms with Crippen molar-refractivity contribution >= 4 is 5.69 Å². The van der Waals surface area contributed by atoms with Gasteiger partial charge in [-0.25, -0.2) is 0 Å². The van der Waals surface area contributed by atoms with Gasteiger partial charge in [-0.2, -0.15) is 0 Å². The highest BCUT2D eigenvalue weighted by Crippen LogP contribution is 2.23. The normalized spacial score (nSPS) is 17.6. The van der Waals surface area contributed by atoms with E-state index in [1.807, 2.05) is 13.8 Å². The Morgan fingerprint density at radius 3 is 2.56 bits per heavy atom. The Kier molecular flexibility index (Phi) is 3.17. The monoisotopic (exact) mass is 220 g/mol. The number of hydrogen-bond donors (Lipinski definition) is 1. The van der Waals surface area contributed by atoms with Crippen molar-refractivity contribution in [2.45, 2.75) is 19.4 Å². The lowest BCUT2D eigenvalue weighted by Gasteiger charge is -2.30. The summed E-state index contributed by atoms with van der Waals surface area (Å²) in [5, 5.41) is 0. The summed E-state index contributed by atoms with van der Waals surface area (Å²) in [7, 11) is 0. The lowest BCUT2D eigenvalue weighted by molar-refractivity contribution is 0.122. The van der Waals surface area contributed by atoms with E-state index in [0.717, 1.165) is 26.3 Å². The molecular formula is C13H20N2O. The molecule has 0 aromatic heterocycles. The topological polar surface area (TPSA) is 38.5 Å². The Balaban J connectivity index is 2.21. The van der Waals surface area contributed by atoms with Crippen LogP contribution in [0.15, 0.2) is 24.3 Å². The van der Waals surface area contributed by atoms with Crippen LogP contribution in [0.2, 0.25) is 0 Å². The quantitative estimate of drug-likeness (QED) is 0.824. The molecule has 0 saturated carbocycles. The first-order valence-corrected chi connectivity index (χ1v) is 5.79. The van der Waals surface area contributed by atoms with Gasteiger partial charge in [0.25, 0.3) is 0 Å². The van der Waals surface area contributed by atoms with E-state index in [4.69, 9.17) is 10.5 Å². The molecule has 1 aliphatic rings. The first kappa shape index (κ1) is 11.4. The van der Waals surface area contributed by atoms with Crippen molar-refractivity contribution in [3.05, 3.63) is 29.8 Å². The average Bonchev–Trinajstić information content (AvgIpc) is 2.29. The van der Waals surface area contributed by atoms with E-state index in [1.54, 1.807) is 0 Å². The number of nitrogens with two attached hydrogens (primary N) is 1. The highest BCUT2D eigenvalue weighted by Gasteiger charge is 2.16. The fraction of sp³-hybridized carbons (Fsp3) is 0.538. The standard InChI is InChI=1S/C13H20N2O/c1-13(2,14)11-4-3-5-12(10-11)15-6-8-16-9-7-15/h3-5,10H,6-9,14H2,1-2H3. The van der Waals surface area contributed by atoms with E-state index in [0.29, 0.717) is 0 Å². The molecule has 0 radical (unpaired) electrons. The number of hydrogen-bond acceptors (Lipinski definition) is 3. The van der Waals surface area contributed by atoms with E-state index >= 15 is 0 Å². The molecule has 3 nitrogen and oxygen atoms in total. The number of anilines is 1. The Morgan fingerprint density at radius 1 is 1.25 bits per heavy atom. The van der Waals surface area contributed by atoms with Gasteiger partial charge < -0.3 is 15.4 Å². The molecule has 1 aliphatic heterocycles. The van der Waals surface area contributed by atoms with Crippen molar-refractivity contribution < 1.29 is 4.74 Å². The minimum atomic E-state index is -0.275. The molecule has 0 bridgehead atoms. The molecule has 0 aliphatic carbocycles. The molecule has 1 saturated heterocycles. The van der Waals surface area contributed by atoms with Crippen molar-refractivity contribution in [3.8, 4) is 0 Å². The second kappa shape index (κ2) is 4.44. The maximum absolute atomic E-state index is 6.11. The zero-order valence-corrected chi connectivity index (χ0v) is 10.1. The largest absolute Gasteiger partial charge is 0.378 e. The zero-order valence-electron chi connectivity index (χ0n) is 10.1. The van der Waals surface area contributed by atoms with Crippen LogP contribution in [0.4, 0.5) is 5.69 Å². The SMILES string of the molecule is CC(C)(N)c1cccc(N2CCOCC2)c1. The molecule has 1 aromatic rings. The Hall–Kier alpha value is -1.06. The third kappa shape index (κ3) is 2.54. The van der Waals surface area contributed by atoms with Gasteiger partial charge in [-0.05, 0) is 31.5 Å². The Labute approximate surface area is 97.2 Å². The smallest absolute Gasteiger partial charge is 0.0642 e. The molecule has 88 valence electrons. The van der Waals surface area contributed by atoms with E-state index in [1.165, 1.54) is 11.3 Å². The van der Waals surface area contributed by atoms with Crippen molar-refractivity contribution in [1.29, 1.82) is 0 Å². The lowest BCUT2D eigenvalue weighted by atomic mass is 9.95. The molecule has 1 aromatic carbocycles. The number of nitrogens with zero attached hydrogens (tertiary/aromatic N) is 1. The molecule has 0 spiro atoms. The lowest BCUT2D eigenvalue weighted by Crippen LogP contribution is -2.36. The number of morpholine rings is 1. The van der Waals surface area contributed by atoms with Gasteiger partial charge in [0.2, 0.25) is 0 Å². The second-order valence-electron chi connectivity index (χ2n) is 4.87. The van der Waals surface area contributed by atoms with Gasteiger partial charge in [-0.15, -0.1) is 0 Å². The van der Waals surface area contributed by atoms with E-state index in [2.05, 4.69) is 29.2 Å². The molecule has 0 amide bonds. The Morgan fingerprint density at radius 2 is 1.94 bits per heavy atom. The van der Waals surface area contributed by atoms with Crippen LogP contribution in [-0.4, -0.2) is 26.3 Å². The predicted octanol–water partition coefficient (Wildman–Crippen LogP) is 1.72. The zero-order chi connectivity index (χ0) is 11.6. The van der Waals surface area contributed by atoms with Gasteiger partial charge >= 0.3 is 0 Å². The summed E-state index contributed by atoms with van der Waals surface area (Å²) < 4.78 is 5.35. The molecular weight excluding hydrogens is 200 g/mol. The molecule has 0 unspecified atom stereocenters. The minimum Gasteiger partial charge on any atom is -0.378 e. The van der Waals surface area contributed by atoms with Crippen LogP contribution >= 0.6 is 0 Å². The van der Waals surface area contributed by atoms with Gasteiger partial charge in [-0.3, -0.25) is 0 Å². The highest BCUT2D eigenvalue weighted by atomic mass is 16.5. The summed E-state index contributed by atoms with van der Waals surface area (Å²) in [5.41, 5.74) is 8.26. The Bertz CT molecular complexity index is 351. The summed E-state index contributed by atoms with van der Waals surface area (Å²) in [6.07, 6.45) is 0. The molecule has 3 heteroatoms. The van der Waals surface area contributed by atoms with Crippen molar-refractivity contribution in [2.24, 2.45) is 5.73 Å². The van der Waals surface area contributed by atoms with Gasteiger partial charge in [0.15, 0.2) is 0 Å². The maximum Gasteiger partial charge on any atom is 0.0642 e. The van der Waals surface area contributed by atoms with Crippen LogP contribution in [0, 0.1) is 0 Å². The molecule has 2 N–H and O–H groups in total. The van der Waals surface area contributed by atoms with Crippen molar-refractivity contribution in [1.82, 2.24) is 0 Å². The molecule has 1 heterocycles. The molecule has 2 rings (SSSR count). The predicted molar refractivity (Wildman–Crippen MR) is 66.7 cm³/mol. The van der Waals surface area contributed by atoms with E-state index in [9.17, 15) is 0 Å². The highest BCUT2D eigenvalue weighted by molar-refractivity contribution is 5.50. The number of ether oxygens (including phenoxy) is 1. The fourth-order valence-corrected chi connectivity index (χ4v) is 1.92. The van der Waals surface area contributed by atoms with Gasteiger partial charge in [0.1, 0.15) is 0 Å². The van der Waals surface area contributed by atoms with Crippen LogP contribution in [0.3, 0.4) is 0 Å². The van der Waals surface area contributed by atoms with Crippen LogP contribution in [0.5, 0.6) is 0 Å². The van der Waals surface area contributed by atoms with Crippen LogP contribution in [0.1, 0.15) is 19.4 Å². The molecule has 0 atom stereocenters. The third-order valence-electron chi connectivity index (χ3n) is 2.97. The maximum atomic E-state index is 6.11. The minimum absolute atomic E-state index is 0.275. The first-order valence-electron chi connectivity index (χ1n) is 5.79. The fourth-order valence-electron chi connectivity index (χ4n) is 1.92. The van der Waals surface area contributed by atoms with Crippen LogP contribution in [-0.2, 0) is 10.3 Å². The average molecular weight is 220 g/mol. The van der Waals surface area contributed by atoms with Gasteiger partial charge in [-0.1, -0.05) is 12.1 Å². The van der Waals surface area contributed by atoms with Gasteiger partial charge in [0.05, 0.1) is 13.2 Å². The number of benzene rings is 1. The molecule has 1 fully saturated rings. The van der Waals surface area contributed by atoms with E-state index in [-0.39, 0.29) is 5.54 Å². The van der Waals surface area contributed by atoms with Gasteiger partial charge in [0, 0.05) is 24.3 Å². The summed E-state index contributed by atoms with van der Waals surface area (Å²) in [6.45, 7) is 7.63. The summed E-state index contributed by atoms with van der Waals surface area (Å²) in [6, 6.07) is 8.49. The van der Waals surface area contributed by atoms with Crippen molar-refractivity contribution in [3.63, 3.8) is 0 Å². The molecule has 16 heavy (non-hydrogen) atoms. The van der Waals surface area contributed by atoms with Crippen molar-refractivity contribution in [2.75, 3.05) is 31.2 Å². The third-order valence-corrected chi connectivity index (χ3v) is 2.97. The van der Waals surface area contributed by atoms with Crippen LogP contribution in [0.25, 0.3) is 0 Å². The summed E-state index contributed by atoms with van der Waals surface area (Å²) in [5.74, 6) is 0.